The molecule has 0 radical (unpaired) electrons. The molecule has 6 heterocycles. The summed E-state index contributed by atoms with van der Waals surface area (Å²) in [4.78, 5) is 36.6. The number of pyridine rings is 3. The van der Waals surface area contributed by atoms with Crippen molar-refractivity contribution in [1.82, 2.24) is 44.7 Å². The van der Waals surface area contributed by atoms with Crippen molar-refractivity contribution in [3.05, 3.63) is 61.1 Å². The third-order valence-electron chi connectivity index (χ3n) is 5.75. The minimum Gasteiger partial charge on any atom is -0.335 e. The standard InChI is InChI=1S/C24H19FN10O/c1-3-18(36)30-14-4-13(5-26-6-14)21-20(25)19-15(8-28-21)33-34-23(19)24-31-16-7-27-9-17(22(16)32-24)35-10-12(2)29-11-35/h4-11H,3H2,1-2H3,(H,30,36)(H,31,32)(H,33,34). The summed E-state index contributed by atoms with van der Waals surface area (Å²) in [6.45, 7) is 3.64. The highest BCUT2D eigenvalue weighted by atomic mass is 19.1. The Balaban J connectivity index is 1.47. The smallest absolute Gasteiger partial charge is 0.224 e. The maximum absolute atomic E-state index is 15.9. The molecule has 1 amide bonds. The molecular weight excluding hydrogens is 463 g/mol. The molecule has 12 heteroatoms. The van der Waals surface area contributed by atoms with E-state index < -0.39 is 5.82 Å². The van der Waals surface area contributed by atoms with Crippen LogP contribution in [-0.4, -0.2) is 50.6 Å². The Morgan fingerprint density at radius 2 is 1.94 bits per heavy atom. The lowest BCUT2D eigenvalue weighted by Gasteiger charge is -2.07. The molecule has 0 aromatic carbocycles. The van der Waals surface area contributed by atoms with Gasteiger partial charge in [0.2, 0.25) is 5.91 Å². The predicted octanol–water partition coefficient (Wildman–Crippen LogP) is 3.94. The van der Waals surface area contributed by atoms with Gasteiger partial charge in [0.05, 0.1) is 64.6 Å². The Bertz CT molecular complexity index is 1770. The number of nitrogens with zero attached hydrogens (tertiary/aromatic N) is 7. The highest BCUT2D eigenvalue weighted by Gasteiger charge is 2.21. The van der Waals surface area contributed by atoms with Gasteiger partial charge in [-0.15, -0.1) is 0 Å². The van der Waals surface area contributed by atoms with Gasteiger partial charge < -0.3 is 14.9 Å². The molecule has 0 saturated heterocycles. The van der Waals surface area contributed by atoms with Crippen LogP contribution in [0.3, 0.4) is 0 Å². The second kappa shape index (κ2) is 8.34. The van der Waals surface area contributed by atoms with Crippen molar-refractivity contribution < 1.29 is 9.18 Å². The van der Waals surface area contributed by atoms with E-state index in [9.17, 15) is 4.79 Å². The van der Waals surface area contributed by atoms with Gasteiger partial charge in [-0.3, -0.25) is 24.8 Å². The van der Waals surface area contributed by atoms with Crippen molar-refractivity contribution >= 4 is 33.5 Å². The number of aromatic nitrogens is 9. The molecule has 6 rings (SSSR count). The number of carbonyl (C=O) groups is 1. The highest BCUT2D eigenvalue weighted by molar-refractivity contribution is 5.96. The minimum atomic E-state index is -0.582. The number of fused-ring (bicyclic) bond motifs is 2. The Morgan fingerprint density at radius 1 is 1.08 bits per heavy atom. The van der Waals surface area contributed by atoms with Gasteiger partial charge in [0, 0.05) is 24.4 Å². The van der Waals surface area contributed by atoms with Crippen molar-refractivity contribution in [1.29, 1.82) is 0 Å². The number of halogens is 1. The van der Waals surface area contributed by atoms with Crippen LogP contribution in [0, 0.1) is 12.7 Å². The molecule has 11 nitrogen and oxygen atoms in total. The zero-order chi connectivity index (χ0) is 24.8. The lowest BCUT2D eigenvalue weighted by atomic mass is 10.1. The SMILES string of the molecule is CCC(=O)Nc1cncc(-c2ncc3[nH]nc(-c4nc5c(-n6cnc(C)c6)cncc5[nH]4)c3c2F)c1. The van der Waals surface area contributed by atoms with Crippen LogP contribution in [0.2, 0.25) is 0 Å². The first-order valence-corrected chi connectivity index (χ1v) is 11.1. The van der Waals surface area contributed by atoms with Crippen molar-refractivity contribution in [2.45, 2.75) is 20.3 Å². The number of amides is 1. The average molecular weight is 482 g/mol. The summed E-state index contributed by atoms with van der Waals surface area (Å²) in [6.07, 6.45) is 11.7. The molecule has 36 heavy (non-hydrogen) atoms. The Labute approximate surface area is 202 Å². The third kappa shape index (κ3) is 3.55. The maximum atomic E-state index is 15.9. The molecule has 0 unspecified atom stereocenters. The van der Waals surface area contributed by atoms with E-state index in [0.717, 1.165) is 11.4 Å². The third-order valence-corrected chi connectivity index (χ3v) is 5.75. The van der Waals surface area contributed by atoms with E-state index in [1.54, 1.807) is 31.7 Å². The van der Waals surface area contributed by atoms with Crippen molar-refractivity contribution in [3.8, 4) is 28.5 Å². The molecule has 0 fully saturated rings. The number of hydrogen-bond donors (Lipinski definition) is 3. The van der Waals surface area contributed by atoms with E-state index in [4.69, 9.17) is 4.98 Å². The summed E-state index contributed by atoms with van der Waals surface area (Å²) < 4.78 is 17.7. The van der Waals surface area contributed by atoms with Crippen molar-refractivity contribution in [2.75, 3.05) is 5.32 Å². The van der Waals surface area contributed by atoms with Gasteiger partial charge in [-0.25, -0.2) is 14.4 Å². The first-order chi connectivity index (χ1) is 17.5. The summed E-state index contributed by atoms with van der Waals surface area (Å²) >= 11 is 0. The predicted molar refractivity (Wildman–Crippen MR) is 131 cm³/mol. The number of anilines is 1. The second-order valence-corrected chi connectivity index (χ2v) is 8.21. The van der Waals surface area contributed by atoms with Crippen LogP contribution < -0.4 is 5.32 Å². The molecule has 3 N–H and O–H groups in total. The first-order valence-electron chi connectivity index (χ1n) is 11.1. The van der Waals surface area contributed by atoms with E-state index >= 15 is 4.39 Å². The van der Waals surface area contributed by atoms with E-state index in [-0.39, 0.29) is 17.0 Å². The molecule has 178 valence electrons. The summed E-state index contributed by atoms with van der Waals surface area (Å²) in [6, 6.07) is 1.63. The zero-order valence-corrected chi connectivity index (χ0v) is 19.2. The minimum absolute atomic E-state index is 0.0811. The van der Waals surface area contributed by atoms with Crippen molar-refractivity contribution in [2.24, 2.45) is 0 Å². The van der Waals surface area contributed by atoms with Crippen LogP contribution in [0.5, 0.6) is 0 Å². The topological polar surface area (TPSA) is 143 Å². The van der Waals surface area contributed by atoms with E-state index in [1.807, 2.05) is 17.7 Å². The number of H-pyrrole nitrogens is 2. The fourth-order valence-electron chi connectivity index (χ4n) is 4.01. The quantitative estimate of drug-likeness (QED) is 0.338. The molecule has 0 aliphatic heterocycles. The van der Waals surface area contributed by atoms with Gasteiger partial charge in [0.1, 0.15) is 16.9 Å². The molecule has 0 saturated carbocycles. The van der Waals surface area contributed by atoms with Crippen LogP contribution >= 0.6 is 0 Å². The molecule has 0 bridgehead atoms. The van der Waals surface area contributed by atoms with Crippen LogP contribution in [0.15, 0.2) is 49.6 Å². The van der Waals surface area contributed by atoms with Crippen LogP contribution in [0.25, 0.3) is 50.4 Å². The van der Waals surface area contributed by atoms with Gasteiger partial charge in [-0.05, 0) is 13.0 Å². The summed E-state index contributed by atoms with van der Waals surface area (Å²) in [5, 5.41) is 10.1. The van der Waals surface area contributed by atoms with Gasteiger partial charge in [0.15, 0.2) is 11.6 Å². The van der Waals surface area contributed by atoms with Gasteiger partial charge in [0.25, 0.3) is 0 Å². The highest BCUT2D eigenvalue weighted by Crippen LogP contribution is 2.33. The van der Waals surface area contributed by atoms with Gasteiger partial charge in [-0.2, -0.15) is 5.10 Å². The monoisotopic (exact) mass is 482 g/mol. The molecule has 6 aromatic heterocycles. The normalized spacial score (nSPS) is 11.4. The Kier molecular flexibility index (Phi) is 4.99. The molecular formula is C24H19FN10O. The zero-order valence-electron chi connectivity index (χ0n) is 19.2. The average Bonchev–Trinajstić information content (AvgIpc) is 3.62. The van der Waals surface area contributed by atoms with E-state index in [2.05, 4.69) is 40.4 Å². The van der Waals surface area contributed by atoms with Crippen molar-refractivity contribution in [3.63, 3.8) is 0 Å². The van der Waals surface area contributed by atoms with Crippen LogP contribution in [-0.2, 0) is 4.79 Å². The molecule has 0 aliphatic carbocycles. The number of rotatable bonds is 5. The summed E-state index contributed by atoms with van der Waals surface area (Å²) in [7, 11) is 0. The molecule has 0 aliphatic rings. The van der Waals surface area contributed by atoms with E-state index in [0.29, 0.717) is 45.7 Å². The lowest BCUT2D eigenvalue weighted by molar-refractivity contribution is -0.115. The first kappa shape index (κ1) is 21.5. The maximum Gasteiger partial charge on any atom is 0.224 e. The second-order valence-electron chi connectivity index (χ2n) is 8.21. The van der Waals surface area contributed by atoms with Gasteiger partial charge in [-0.1, -0.05) is 6.92 Å². The largest absolute Gasteiger partial charge is 0.335 e. The fraction of sp³-hybridized carbons (Fsp3) is 0.125. The number of carbonyl (C=O) groups excluding carboxylic acids is 1. The molecule has 0 spiro atoms. The van der Waals surface area contributed by atoms with Crippen LogP contribution in [0.4, 0.5) is 10.1 Å². The summed E-state index contributed by atoms with van der Waals surface area (Å²) in [5.74, 6) is -0.374. The fourth-order valence-corrected chi connectivity index (χ4v) is 4.01. The van der Waals surface area contributed by atoms with Gasteiger partial charge >= 0.3 is 0 Å². The van der Waals surface area contributed by atoms with Crippen LogP contribution in [0.1, 0.15) is 19.0 Å². The Morgan fingerprint density at radius 3 is 2.75 bits per heavy atom. The molecule has 0 atom stereocenters. The number of nitrogens with one attached hydrogen (secondary N) is 3. The number of hydrogen-bond acceptors (Lipinski definition) is 7. The lowest BCUT2D eigenvalue weighted by Crippen LogP contribution is -2.09. The Hall–Kier alpha value is -5.00. The number of aryl methyl sites for hydroxylation is 1. The summed E-state index contributed by atoms with van der Waals surface area (Å²) in [5.41, 5.74) is 4.58. The number of aromatic amines is 2. The number of imidazole rings is 2. The van der Waals surface area contributed by atoms with E-state index in [1.165, 1.54) is 18.6 Å². The molecule has 6 aromatic rings.